The van der Waals surface area contributed by atoms with Crippen LogP contribution in [0, 0.1) is 0 Å². The Hall–Kier alpha value is -3.41. The monoisotopic (exact) mass is 304 g/mol. The molecule has 4 aromatic rings. The van der Waals surface area contributed by atoms with Crippen LogP contribution in [-0.4, -0.2) is 25.7 Å². The van der Waals surface area contributed by atoms with Gasteiger partial charge in [0.25, 0.3) is 0 Å². The quantitative estimate of drug-likeness (QED) is 0.607. The van der Waals surface area contributed by atoms with Gasteiger partial charge >= 0.3 is 5.97 Å². The molecule has 0 unspecified atom stereocenters. The molecule has 0 radical (unpaired) electrons. The van der Waals surface area contributed by atoms with Crippen molar-refractivity contribution in [2.45, 2.75) is 0 Å². The highest BCUT2D eigenvalue weighted by Gasteiger charge is 2.12. The van der Waals surface area contributed by atoms with Gasteiger partial charge in [-0.15, -0.1) is 5.10 Å². The van der Waals surface area contributed by atoms with E-state index in [-0.39, 0.29) is 5.56 Å². The zero-order valence-electron chi connectivity index (χ0n) is 12.0. The first-order valence-corrected chi connectivity index (χ1v) is 7.06. The van der Waals surface area contributed by atoms with Crippen molar-refractivity contribution in [3.05, 3.63) is 66.2 Å². The van der Waals surface area contributed by atoms with Gasteiger partial charge in [0, 0.05) is 5.39 Å². The molecule has 0 aliphatic heterocycles. The van der Waals surface area contributed by atoms with Crippen molar-refractivity contribution < 1.29 is 9.90 Å². The lowest BCUT2D eigenvalue weighted by Crippen LogP contribution is -2.03. The summed E-state index contributed by atoms with van der Waals surface area (Å²) in [6, 6.07) is 18.4. The number of benzene rings is 2. The average molecular weight is 304 g/mol. The number of pyridine rings is 1. The molecule has 0 saturated carbocycles. The molecule has 0 atom stereocenters. The maximum absolute atomic E-state index is 11.3. The molecule has 23 heavy (non-hydrogen) atoms. The molecule has 4 rings (SSSR count). The Morgan fingerprint density at radius 2 is 1.78 bits per heavy atom. The fraction of sp³-hybridized carbons (Fsp3) is 0. The van der Waals surface area contributed by atoms with Gasteiger partial charge in [-0.1, -0.05) is 30.3 Å². The highest BCUT2D eigenvalue weighted by molar-refractivity contribution is 5.94. The molecule has 2 aromatic heterocycles. The van der Waals surface area contributed by atoms with Crippen LogP contribution in [0.15, 0.2) is 60.7 Å². The summed E-state index contributed by atoms with van der Waals surface area (Å²) in [6.45, 7) is 0. The van der Waals surface area contributed by atoms with Crippen molar-refractivity contribution in [1.82, 2.24) is 14.6 Å². The predicted octanol–water partition coefficient (Wildman–Crippen LogP) is 3.32. The number of carboxylic acids is 1. The molecule has 0 fully saturated rings. The van der Waals surface area contributed by atoms with Gasteiger partial charge in [0.15, 0.2) is 5.65 Å². The van der Waals surface area contributed by atoms with E-state index in [1.807, 2.05) is 36.4 Å². The summed E-state index contributed by atoms with van der Waals surface area (Å²) in [6.07, 6.45) is 0. The van der Waals surface area contributed by atoms with E-state index in [0.29, 0.717) is 17.3 Å². The van der Waals surface area contributed by atoms with Crippen LogP contribution in [0.1, 0.15) is 10.4 Å². The summed E-state index contributed by atoms with van der Waals surface area (Å²) in [7, 11) is 0. The highest BCUT2D eigenvalue weighted by Crippen LogP contribution is 2.21. The summed E-state index contributed by atoms with van der Waals surface area (Å²) in [4.78, 5) is 15.7. The van der Waals surface area contributed by atoms with Gasteiger partial charge in [-0.05, 0) is 30.3 Å². The number of hydrogen-bond acceptors (Lipinski definition) is 4. The summed E-state index contributed by atoms with van der Waals surface area (Å²) in [5.41, 5.74) is 2.27. The first-order chi connectivity index (χ1) is 11.2. The highest BCUT2D eigenvalue weighted by atomic mass is 16.4. The summed E-state index contributed by atoms with van der Waals surface area (Å²) >= 11 is 0. The van der Waals surface area contributed by atoms with Crippen LogP contribution < -0.4 is 5.32 Å². The normalized spacial score (nSPS) is 11.0. The first-order valence-electron chi connectivity index (χ1n) is 7.06. The second-order valence-corrected chi connectivity index (χ2v) is 5.07. The Labute approximate surface area is 131 Å². The molecule has 2 N–H and O–H groups in total. The molecule has 0 bridgehead atoms. The second-order valence-electron chi connectivity index (χ2n) is 5.07. The molecule has 0 aliphatic carbocycles. The smallest absolute Gasteiger partial charge is 0.337 e. The van der Waals surface area contributed by atoms with Crippen LogP contribution in [0.2, 0.25) is 0 Å². The molecule has 0 spiro atoms. The van der Waals surface area contributed by atoms with Gasteiger partial charge in [0.1, 0.15) is 0 Å². The lowest BCUT2D eigenvalue weighted by molar-refractivity contribution is 0.0698. The molecule has 0 saturated heterocycles. The fourth-order valence-corrected chi connectivity index (χ4v) is 2.55. The van der Waals surface area contributed by atoms with E-state index in [0.717, 1.165) is 10.9 Å². The van der Waals surface area contributed by atoms with Crippen LogP contribution in [0.3, 0.4) is 0 Å². The van der Waals surface area contributed by atoms with E-state index >= 15 is 0 Å². The Morgan fingerprint density at radius 1 is 1.00 bits per heavy atom. The van der Waals surface area contributed by atoms with Gasteiger partial charge in [-0.25, -0.2) is 9.31 Å². The number of hydrogen-bond donors (Lipinski definition) is 2. The van der Waals surface area contributed by atoms with E-state index in [4.69, 9.17) is 0 Å². The average Bonchev–Trinajstić information content (AvgIpc) is 2.98. The van der Waals surface area contributed by atoms with E-state index in [2.05, 4.69) is 15.4 Å². The first kappa shape index (κ1) is 13.3. The molecule has 112 valence electrons. The van der Waals surface area contributed by atoms with Crippen LogP contribution >= 0.6 is 0 Å². The molecule has 6 heteroatoms. The number of aromatic carboxylic acids is 1. The molecule has 0 aliphatic rings. The Morgan fingerprint density at radius 3 is 2.65 bits per heavy atom. The van der Waals surface area contributed by atoms with Crippen molar-refractivity contribution in [3.63, 3.8) is 0 Å². The molecule has 0 amide bonds. The molecule has 2 aromatic carbocycles. The number of aromatic nitrogens is 3. The Balaban J connectivity index is 1.82. The van der Waals surface area contributed by atoms with Crippen molar-refractivity contribution in [2.75, 3.05) is 5.32 Å². The number of para-hydroxylation sites is 2. The van der Waals surface area contributed by atoms with Crippen LogP contribution in [0.25, 0.3) is 16.6 Å². The lowest BCUT2D eigenvalue weighted by atomic mass is 10.2. The van der Waals surface area contributed by atoms with Crippen molar-refractivity contribution in [1.29, 1.82) is 0 Å². The maximum Gasteiger partial charge on any atom is 0.337 e. The van der Waals surface area contributed by atoms with Crippen LogP contribution in [-0.2, 0) is 0 Å². The SMILES string of the molecule is O=C(O)c1ccccc1Nc1nc2ccc3ccccc3n2n1. The standard InChI is InChI=1S/C17H12N4O2/c22-16(23)12-6-2-3-7-13(12)18-17-19-15-10-9-11-5-1-4-8-14(11)21(15)20-17/h1-10H,(H,18,20)(H,22,23). The molecule has 6 nitrogen and oxygen atoms in total. The van der Waals surface area contributed by atoms with Gasteiger partial charge in [-0.3, -0.25) is 0 Å². The topological polar surface area (TPSA) is 79.5 Å². The number of carboxylic acid groups (broad SMARTS) is 1. The van der Waals surface area contributed by atoms with E-state index in [1.165, 1.54) is 6.07 Å². The van der Waals surface area contributed by atoms with E-state index < -0.39 is 5.97 Å². The van der Waals surface area contributed by atoms with E-state index in [9.17, 15) is 9.90 Å². The summed E-state index contributed by atoms with van der Waals surface area (Å²) in [5.74, 6) is -0.641. The second kappa shape index (κ2) is 5.10. The number of carbonyl (C=O) groups is 1. The molecular formula is C17H12N4O2. The minimum Gasteiger partial charge on any atom is -0.478 e. The minimum atomic E-state index is -0.998. The van der Waals surface area contributed by atoms with Gasteiger partial charge in [-0.2, -0.15) is 4.98 Å². The molecule has 2 heterocycles. The maximum atomic E-state index is 11.3. The minimum absolute atomic E-state index is 0.177. The number of nitrogens with one attached hydrogen (secondary N) is 1. The Bertz CT molecular complexity index is 1040. The third-order valence-corrected chi connectivity index (χ3v) is 3.61. The molecular weight excluding hydrogens is 292 g/mol. The largest absolute Gasteiger partial charge is 0.478 e. The number of nitrogens with zero attached hydrogens (tertiary/aromatic N) is 3. The number of anilines is 2. The van der Waals surface area contributed by atoms with Gasteiger partial charge in [0.05, 0.1) is 16.8 Å². The van der Waals surface area contributed by atoms with Gasteiger partial charge < -0.3 is 10.4 Å². The summed E-state index contributed by atoms with van der Waals surface area (Å²) < 4.78 is 1.74. The summed E-state index contributed by atoms with van der Waals surface area (Å²) in [5, 5.41) is 17.7. The zero-order valence-corrected chi connectivity index (χ0v) is 12.0. The zero-order chi connectivity index (χ0) is 15.8. The third kappa shape index (κ3) is 2.26. The van der Waals surface area contributed by atoms with Crippen molar-refractivity contribution in [2.24, 2.45) is 0 Å². The van der Waals surface area contributed by atoms with Crippen LogP contribution in [0.4, 0.5) is 11.6 Å². The lowest BCUT2D eigenvalue weighted by Gasteiger charge is -2.05. The third-order valence-electron chi connectivity index (χ3n) is 3.61. The number of rotatable bonds is 3. The van der Waals surface area contributed by atoms with Crippen LogP contribution in [0.5, 0.6) is 0 Å². The van der Waals surface area contributed by atoms with Crippen molar-refractivity contribution >= 4 is 34.2 Å². The van der Waals surface area contributed by atoms with Crippen molar-refractivity contribution in [3.8, 4) is 0 Å². The predicted molar refractivity (Wildman–Crippen MR) is 87.2 cm³/mol. The van der Waals surface area contributed by atoms with E-state index in [1.54, 1.807) is 22.7 Å². The number of fused-ring (bicyclic) bond motifs is 3. The fourth-order valence-electron chi connectivity index (χ4n) is 2.55. The van der Waals surface area contributed by atoms with Gasteiger partial charge in [0.2, 0.25) is 5.95 Å². The Kier molecular flexibility index (Phi) is 2.94.